The second-order valence-corrected chi connectivity index (χ2v) is 7.03. The van der Waals surface area contributed by atoms with Crippen LogP contribution in [0.5, 0.6) is 0 Å². The molecule has 2 N–H and O–H groups in total. The number of hydrogen-bond donors (Lipinski definition) is 2. The van der Waals surface area contributed by atoms with Gasteiger partial charge in [-0.2, -0.15) is 0 Å². The molecule has 1 heterocycles. The lowest BCUT2D eigenvalue weighted by molar-refractivity contribution is 0.201. The fourth-order valence-electron chi connectivity index (χ4n) is 2.37. The summed E-state index contributed by atoms with van der Waals surface area (Å²) in [7, 11) is 0. The SMILES string of the molecule is CCc1cc(Br)cc2cc(C(CO)NC(C)(C)C)oc12. The molecule has 1 atom stereocenters. The van der Waals surface area contributed by atoms with E-state index in [2.05, 4.69) is 55.0 Å². The fraction of sp³-hybridized carbons (Fsp3) is 0.500. The molecule has 110 valence electrons. The van der Waals surface area contributed by atoms with Gasteiger partial charge in [-0.3, -0.25) is 0 Å². The Morgan fingerprint density at radius 3 is 2.55 bits per heavy atom. The Bertz CT molecular complexity index is 598. The molecule has 0 saturated heterocycles. The molecule has 0 fully saturated rings. The van der Waals surface area contributed by atoms with Crippen LogP contribution in [0.2, 0.25) is 0 Å². The van der Waals surface area contributed by atoms with Crippen LogP contribution in [-0.4, -0.2) is 17.3 Å². The smallest absolute Gasteiger partial charge is 0.137 e. The largest absolute Gasteiger partial charge is 0.459 e. The number of furan rings is 1. The summed E-state index contributed by atoms with van der Waals surface area (Å²) in [5.74, 6) is 0.783. The quantitative estimate of drug-likeness (QED) is 0.878. The first kappa shape index (κ1) is 15.5. The van der Waals surface area contributed by atoms with Gasteiger partial charge in [0.05, 0.1) is 12.6 Å². The van der Waals surface area contributed by atoms with E-state index in [9.17, 15) is 5.11 Å². The Morgan fingerprint density at radius 2 is 2.00 bits per heavy atom. The molecule has 2 aromatic rings. The van der Waals surface area contributed by atoms with Gasteiger partial charge >= 0.3 is 0 Å². The van der Waals surface area contributed by atoms with Gasteiger partial charge < -0.3 is 14.8 Å². The zero-order valence-corrected chi connectivity index (χ0v) is 14.0. The summed E-state index contributed by atoms with van der Waals surface area (Å²) < 4.78 is 7.05. The first-order chi connectivity index (χ1) is 9.34. The molecular formula is C16H22BrNO2. The van der Waals surface area contributed by atoms with Crippen molar-refractivity contribution in [2.75, 3.05) is 6.61 Å². The summed E-state index contributed by atoms with van der Waals surface area (Å²) in [6.07, 6.45) is 0.916. The first-order valence-electron chi connectivity index (χ1n) is 6.94. The number of benzene rings is 1. The summed E-state index contributed by atoms with van der Waals surface area (Å²) in [4.78, 5) is 0. The van der Waals surface area contributed by atoms with E-state index < -0.39 is 0 Å². The fourth-order valence-corrected chi connectivity index (χ4v) is 2.89. The molecule has 0 bridgehead atoms. The summed E-state index contributed by atoms with van der Waals surface area (Å²) >= 11 is 3.53. The van der Waals surface area contributed by atoms with Gasteiger partial charge in [0.25, 0.3) is 0 Å². The molecule has 0 aliphatic heterocycles. The average molecular weight is 340 g/mol. The highest BCUT2D eigenvalue weighted by atomic mass is 79.9. The van der Waals surface area contributed by atoms with E-state index in [1.807, 2.05) is 12.1 Å². The molecule has 0 spiro atoms. The number of aliphatic hydroxyl groups excluding tert-OH is 1. The second kappa shape index (κ2) is 5.88. The summed E-state index contributed by atoms with van der Waals surface area (Å²) in [5, 5.41) is 14.1. The summed E-state index contributed by atoms with van der Waals surface area (Å²) in [6.45, 7) is 8.35. The number of aryl methyl sites for hydroxylation is 1. The number of rotatable bonds is 4. The van der Waals surface area contributed by atoms with Crippen LogP contribution >= 0.6 is 15.9 Å². The summed E-state index contributed by atoms with van der Waals surface area (Å²) in [5.41, 5.74) is 2.01. The predicted octanol–water partition coefficient (Wildman–Crippen LogP) is 4.18. The number of fused-ring (bicyclic) bond motifs is 1. The van der Waals surface area contributed by atoms with Gasteiger partial charge in [-0.25, -0.2) is 0 Å². The number of nitrogens with one attached hydrogen (secondary N) is 1. The van der Waals surface area contributed by atoms with E-state index >= 15 is 0 Å². The van der Waals surface area contributed by atoms with Crippen LogP contribution in [0.15, 0.2) is 27.1 Å². The van der Waals surface area contributed by atoms with Gasteiger partial charge in [-0.05, 0) is 51.0 Å². The first-order valence-corrected chi connectivity index (χ1v) is 7.73. The zero-order chi connectivity index (χ0) is 14.9. The van der Waals surface area contributed by atoms with E-state index in [0.29, 0.717) is 0 Å². The third-order valence-corrected chi connectivity index (χ3v) is 3.65. The highest BCUT2D eigenvalue weighted by Crippen LogP contribution is 2.30. The molecule has 3 nitrogen and oxygen atoms in total. The maximum atomic E-state index is 9.62. The lowest BCUT2D eigenvalue weighted by atomic mass is 10.1. The molecular weight excluding hydrogens is 318 g/mol. The maximum Gasteiger partial charge on any atom is 0.137 e. The molecule has 0 aliphatic rings. The molecule has 4 heteroatoms. The molecule has 20 heavy (non-hydrogen) atoms. The van der Waals surface area contributed by atoms with Crippen molar-refractivity contribution in [3.05, 3.63) is 34.0 Å². The van der Waals surface area contributed by atoms with Gasteiger partial charge in [-0.1, -0.05) is 22.9 Å². The highest BCUT2D eigenvalue weighted by Gasteiger charge is 2.22. The predicted molar refractivity (Wildman–Crippen MR) is 86.0 cm³/mol. The van der Waals surface area contributed by atoms with E-state index in [1.165, 1.54) is 5.56 Å². The van der Waals surface area contributed by atoms with E-state index in [0.717, 1.165) is 27.6 Å². The van der Waals surface area contributed by atoms with E-state index in [1.54, 1.807) is 0 Å². The number of hydrogen-bond acceptors (Lipinski definition) is 3. The Kier molecular flexibility index (Phi) is 4.57. The van der Waals surface area contributed by atoms with Crippen molar-refractivity contribution in [2.45, 2.75) is 45.7 Å². The molecule has 1 unspecified atom stereocenters. The molecule has 0 saturated carbocycles. The Hall–Kier alpha value is -0.840. The van der Waals surface area contributed by atoms with Gasteiger partial charge in [0.15, 0.2) is 0 Å². The molecule has 1 aromatic heterocycles. The lowest BCUT2D eigenvalue weighted by Crippen LogP contribution is -2.40. The van der Waals surface area contributed by atoms with Crippen LogP contribution in [-0.2, 0) is 6.42 Å². The topological polar surface area (TPSA) is 45.4 Å². The lowest BCUT2D eigenvalue weighted by Gasteiger charge is -2.26. The van der Waals surface area contributed by atoms with Crippen molar-refractivity contribution in [2.24, 2.45) is 0 Å². The van der Waals surface area contributed by atoms with Gasteiger partial charge in [0.1, 0.15) is 11.3 Å². The molecule has 1 aromatic carbocycles. The van der Waals surface area contributed by atoms with Crippen LogP contribution in [0.3, 0.4) is 0 Å². The van der Waals surface area contributed by atoms with Crippen LogP contribution in [0, 0.1) is 0 Å². The molecule has 2 rings (SSSR count). The Morgan fingerprint density at radius 1 is 1.30 bits per heavy atom. The number of halogens is 1. The van der Waals surface area contributed by atoms with Crippen molar-refractivity contribution in [1.29, 1.82) is 0 Å². The third kappa shape index (κ3) is 3.43. The highest BCUT2D eigenvalue weighted by molar-refractivity contribution is 9.10. The van der Waals surface area contributed by atoms with Crippen molar-refractivity contribution >= 4 is 26.9 Å². The average Bonchev–Trinajstić information content (AvgIpc) is 2.77. The summed E-state index contributed by atoms with van der Waals surface area (Å²) in [6, 6.07) is 5.96. The minimum Gasteiger partial charge on any atom is -0.459 e. The van der Waals surface area contributed by atoms with Gasteiger partial charge in [0.2, 0.25) is 0 Å². The molecule has 0 radical (unpaired) electrons. The third-order valence-electron chi connectivity index (χ3n) is 3.19. The van der Waals surface area contributed by atoms with Gasteiger partial charge in [-0.15, -0.1) is 0 Å². The van der Waals surface area contributed by atoms with Crippen molar-refractivity contribution in [3.8, 4) is 0 Å². The maximum absolute atomic E-state index is 9.62. The van der Waals surface area contributed by atoms with Crippen molar-refractivity contribution in [3.63, 3.8) is 0 Å². The van der Waals surface area contributed by atoms with Crippen LogP contribution < -0.4 is 5.32 Å². The molecule has 0 amide bonds. The van der Waals surface area contributed by atoms with Gasteiger partial charge in [0, 0.05) is 15.4 Å². The Labute approximate surface area is 128 Å². The van der Waals surface area contributed by atoms with Crippen molar-refractivity contribution in [1.82, 2.24) is 5.32 Å². The monoisotopic (exact) mass is 339 g/mol. The normalized spacial score (nSPS) is 13.9. The Balaban J connectivity index is 2.44. The standard InChI is InChI=1S/C16H22BrNO2/c1-5-10-6-12(17)7-11-8-14(20-15(10)11)13(9-19)18-16(2,3)4/h6-8,13,18-19H,5,9H2,1-4H3. The minimum atomic E-state index is -0.189. The zero-order valence-electron chi connectivity index (χ0n) is 12.5. The van der Waals surface area contributed by atoms with E-state index in [4.69, 9.17) is 4.42 Å². The minimum absolute atomic E-state index is 0.0136. The van der Waals surface area contributed by atoms with Crippen LogP contribution in [0.25, 0.3) is 11.0 Å². The second-order valence-electron chi connectivity index (χ2n) is 6.12. The van der Waals surface area contributed by atoms with E-state index in [-0.39, 0.29) is 18.2 Å². The van der Waals surface area contributed by atoms with Crippen LogP contribution in [0.1, 0.15) is 45.1 Å². The van der Waals surface area contributed by atoms with Crippen molar-refractivity contribution < 1.29 is 9.52 Å². The number of aliphatic hydroxyl groups is 1. The molecule has 0 aliphatic carbocycles. The van der Waals surface area contributed by atoms with Crippen LogP contribution in [0.4, 0.5) is 0 Å².